The first-order valence-corrected chi connectivity index (χ1v) is 7.72. The Balaban J connectivity index is 1.69. The lowest BCUT2D eigenvalue weighted by atomic mass is 10.0. The molecule has 104 valence electrons. The number of hydrogen-bond acceptors (Lipinski definition) is 3. The molecule has 0 bridgehead atoms. The summed E-state index contributed by atoms with van der Waals surface area (Å²) in [5.74, 6) is 0.631. The van der Waals surface area contributed by atoms with Crippen molar-refractivity contribution in [3.63, 3.8) is 0 Å². The van der Waals surface area contributed by atoms with Crippen LogP contribution < -0.4 is 4.90 Å². The highest BCUT2D eigenvalue weighted by Gasteiger charge is 2.21. The number of aromatic nitrogens is 2. The molecular weight excluding hydrogens is 270 g/mol. The van der Waals surface area contributed by atoms with Crippen LogP contribution in [-0.4, -0.2) is 28.0 Å². The van der Waals surface area contributed by atoms with E-state index in [9.17, 15) is 4.79 Å². The van der Waals surface area contributed by atoms with Gasteiger partial charge in [-0.25, -0.2) is 0 Å². The van der Waals surface area contributed by atoms with Gasteiger partial charge in [0.25, 0.3) is 0 Å². The van der Waals surface area contributed by atoms with Crippen LogP contribution in [-0.2, 0) is 18.3 Å². The summed E-state index contributed by atoms with van der Waals surface area (Å²) in [7, 11) is 1.88. The molecule has 0 radical (unpaired) electrons. The molecule has 0 saturated heterocycles. The quantitative estimate of drug-likeness (QED) is 0.814. The molecule has 0 unspecified atom stereocenters. The summed E-state index contributed by atoms with van der Waals surface area (Å²) in [5.41, 5.74) is 2.36. The Morgan fingerprint density at radius 2 is 2.25 bits per heavy atom. The van der Waals surface area contributed by atoms with Crippen molar-refractivity contribution < 1.29 is 4.79 Å². The van der Waals surface area contributed by atoms with Crippen LogP contribution >= 0.6 is 11.8 Å². The normalized spacial score (nSPS) is 14.2. The minimum atomic E-state index is 0.172. The van der Waals surface area contributed by atoms with Crippen molar-refractivity contribution in [2.24, 2.45) is 7.05 Å². The number of hydrogen-bond donors (Lipinski definition) is 0. The molecule has 0 N–H and O–H groups in total. The number of carbonyl (C=O) groups excluding carboxylic acids is 1. The zero-order chi connectivity index (χ0) is 13.9. The molecule has 1 aliphatic rings. The second kappa shape index (κ2) is 5.71. The average molecular weight is 287 g/mol. The Labute approximate surface area is 122 Å². The van der Waals surface area contributed by atoms with Crippen LogP contribution in [0.15, 0.2) is 41.6 Å². The highest BCUT2D eigenvalue weighted by atomic mass is 32.2. The number of anilines is 1. The van der Waals surface area contributed by atoms with Crippen molar-refractivity contribution >= 4 is 23.4 Å². The number of nitrogens with zero attached hydrogens (tertiary/aromatic N) is 3. The van der Waals surface area contributed by atoms with Gasteiger partial charge in [-0.1, -0.05) is 18.2 Å². The summed E-state index contributed by atoms with van der Waals surface area (Å²) in [4.78, 5) is 15.4. The molecule has 2 heterocycles. The maximum absolute atomic E-state index is 12.4. The van der Waals surface area contributed by atoms with E-state index in [-0.39, 0.29) is 5.91 Å². The maximum atomic E-state index is 12.4. The van der Waals surface area contributed by atoms with E-state index >= 15 is 0 Å². The minimum absolute atomic E-state index is 0.172. The van der Waals surface area contributed by atoms with Gasteiger partial charge >= 0.3 is 0 Å². The minimum Gasteiger partial charge on any atom is -0.311 e. The molecular formula is C15H17N3OS. The van der Waals surface area contributed by atoms with Gasteiger partial charge in [0.05, 0.1) is 11.9 Å². The van der Waals surface area contributed by atoms with Gasteiger partial charge in [-0.2, -0.15) is 5.10 Å². The Hall–Kier alpha value is -1.75. The predicted molar refractivity (Wildman–Crippen MR) is 81.0 cm³/mol. The number of aryl methyl sites for hydroxylation is 2. The summed E-state index contributed by atoms with van der Waals surface area (Å²) in [5, 5.41) is 4.11. The van der Waals surface area contributed by atoms with E-state index < -0.39 is 0 Å². The third-order valence-electron chi connectivity index (χ3n) is 3.45. The monoisotopic (exact) mass is 287 g/mol. The third kappa shape index (κ3) is 2.72. The van der Waals surface area contributed by atoms with Gasteiger partial charge in [0.1, 0.15) is 0 Å². The zero-order valence-corrected chi connectivity index (χ0v) is 12.3. The first-order valence-electron chi connectivity index (χ1n) is 6.74. The molecule has 3 rings (SSSR count). The SMILES string of the molecule is Cn1cc(SCC(=O)N2CCCc3ccccc32)cn1. The van der Waals surface area contributed by atoms with Gasteiger partial charge in [0, 0.05) is 30.4 Å². The van der Waals surface area contributed by atoms with E-state index in [4.69, 9.17) is 0 Å². The summed E-state index contributed by atoms with van der Waals surface area (Å²) < 4.78 is 1.75. The van der Waals surface area contributed by atoms with Gasteiger partial charge in [0.2, 0.25) is 5.91 Å². The average Bonchev–Trinajstić information content (AvgIpc) is 2.90. The predicted octanol–water partition coefficient (Wildman–Crippen LogP) is 2.49. The topological polar surface area (TPSA) is 38.1 Å². The number of thioether (sulfide) groups is 1. The maximum Gasteiger partial charge on any atom is 0.237 e. The smallest absolute Gasteiger partial charge is 0.237 e. The molecule has 2 aromatic rings. The van der Waals surface area contributed by atoms with Crippen LogP contribution in [0, 0.1) is 0 Å². The zero-order valence-electron chi connectivity index (χ0n) is 11.5. The Bertz CT molecular complexity index is 623. The highest BCUT2D eigenvalue weighted by molar-refractivity contribution is 8.00. The van der Waals surface area contributed by atoms with Gasteiger partial charge in [-0.15, -0.1) is 11.8 Å². The lowest BCUT2D eigenvalue weighted by molar-refractivity contribution is -0.116. The van der Waals surface area contributed by atoms with Crippen molar-refractivity contribution in [1.29, 1.82) is 0 Å². The summed E-state index contributed by atoms with van der Waals surface area (Å²) in [6.07, 6.45) is 5.83. The molecule has 4 nitrogen and oxygen atoms in total. The van der Waals surface area contributed by atoms with Gasteiger partial charge in [-0.3, -0.25) is 9.48 Å². The van der Waals surface area contributed by atoms with Crippen LogP contribution in [0.3, 0.4) is 0 Å². The van der Waals surface area contributed by atoms with Crippen LogP contribution in [0.4, 0.5) is 5.69 Å². The first kappa shape index (κ1) is 13.2. The number of para-hydroxylation sites is 1. The molecule has 0 atom stereocenters. The van der Waals surface area contributed by atoms with E-state index in [2.05, 4.69) is 11.2 Å². The van der Waals surface area contributed by atoms with Crippen LogP contribution in [0.2, 0.25) is 0 Å². The Morgan fingerprint density at radius 3 is 3.05 bits per heavy atom. The van der Waals surface area contributed by atoms with E-state index in [0.717, 1.165) is 30.0 Å². The van der Waals surface area contributed by atoms with Gasteiger partial charge < -0.3 is 4.90 Å². The molecule has 1 aromatic carbocycles. The second-order valence-corrected chi connectivity index (χ2v) is 5.96. The molecule has 0 saturated carbocycles. The van der Waals surface area contributed by atoms with Crippen molar-refractivity contribution in [2.45, 2.75) is 17.7 Å². The van der Waals surface area contributed by atoms with Gasteiger partial charge in [0.15, 0.2) is 0 Å². The van der Waals surface area contributed by atoms with Crippen LogP contribution in [0.25, 0.3) is 0 Å². The van der Waals surface area contributed by atoms with Crippen molar-refractivity contribution in [3.8, 4) is 0 Å². The second-order valence-electron chi connectivity index (χ2n) is 4.92. The fourth-order valence-electron chi connectivity index (χ4n) is 2.49. The van der Waals surface area contributed by atoms with Crippen molar-refractivity contribution in [3.05, 3.63) is 42.2 Å². The Kier molecular flexibility index (Phi) is 3.78. The molecule has 5 heteroatoms. The lowest BCUT2D eigenvalue weighted by Gasteiger charge is -2.29. The molecule has 0 fully saturated rings. The standard InChI is InChI=1S/C15H17N3OS/c1-17-10-13(9-16-17)20-11-15(19)18-8-4-6-12-5-2-3-7-14(12)18/h2-3,5,7,9-10H,4,6,8,11H2,1H3. The van der Waals surface area contributed by atoms with Crippen molar-refractivity contribution in [2.75, 3.05) is 17.2 Å². The number of carbonyl (C=O) groups is 1. The van der Waals surface area contributed by atoms with E-state index in [1.165, 1.54) is 5.56 Å². The summed E-state index contributed by atoms with van der Waals surface area (Å²) >= 11 is 1.54. The van der Waals surface area contributed by atoms with Crippen molar-refractivity contribution in [1.82, 2.24) is 9.78 Å². The van der Waals surface area contributed by atoms with Crippen LogP contribution in [0.5, 0.6) is 0 Å². The Morgan fingerprint density at radius 1 is 1.40 bits per heavy atom. The first-order chi connectivity index (χ1) is 9.74. The summed E-state index contributed by atoms with van der Waals surface area (Å²) in [6, 6.07) is 8.19. The molecule has 1 aliphatic heterocycles. The largest absolute Gasteiger partial charge is 0.311 e. The molecule has 20 heavy (non-hydrogen) atoms. The number of rotatable bonds is 3. The molecule has 1 aromatic heterocycles. The number of amides is 1. The van der Waals surface area contributed by atoms with E-state index in [0.29, 0.717) is 5.75 Å². The number of benzene rings is 1. The fraction of sp³-hybridized carbons (Fsp3) is 0.333. The van der Waals surface area contributed by atoms with Gasteiger partial charge in [-0.05, 0) is 24.5 Å². The highest BCUT2D eigenvalue weighted by Crippen LogP contribution is 2.28. The van der Waals surface area contributed by atoms with Crippen LogP contribution in [0.1, 0.15) is 12.0 Å². The number of fused-ring (bicyclic) bond motifs is 1. The molecule has 1 amide bonds. The summed E-state index contributed by atoms with van der Waals surface area (Å²) in [6.45, 7) is 0.823. The van der Waals surface area contributed by atoms with E-state index in [1.54, 1.807) is 22.6 Å². The third-order valence-corrected chi connectivity index (χ3v) is 4.39. The lowest BCUT2D eigenvalue weighted by Crippen LogP contribution is -2.36. The molecule has 0 aliphatic carbocycles. The fourth-order valence-corrected chi connectivity index (χ4v) is 3.28. The molecule has 0 spiro atoms. The van der Waals surface area contributed by atoms with E-state index in [1.807, 2.05) is 36.3 Å².